The van der Waals surface area contributed by atoms with Gasteiger partial charge in [-0.25, -0.2) is 4.79 Å². The molecule has 1 atom stereocenters. The van der Waals surface area contributed by atoms with Crippen molar-refractivity contribution in [2.24, 2.45) is 0 Å². The number of nitrogens with zero attached hydrogens (tertiary/aromatic N) is 1. The van der Waals surface area contributed by atoms with Crippen molar-refractivity contribution in [1.29, 1.82) is 0 Å². The summed E-state index contributed by atoms with van der Waals surface area (Å²) in [6, 6.07) is 0. The van der Waals surface area contributed by atoms with Crippen molar-refractivity contribution in [3.8, 4) is 0 Å². The Labute approximate surface area is 111 Å². The molecule has 0 radical (unpaired) electrons. The van der Waals surface area contributed by atoms with E-state index in [1.54, 1.807) is 4.90 Å². The Bertz CT molecular complexity index is 294. The molecule has 0 N–H and O–H groups in total. The quantitative estimate of drug-likeness (QED) is 0.779. The van der Waals surface area contributed by atoms with E-state index >= 15 is 0 Å². The highest BCUT2D eigenvalue weighted by Crippen LogP contribution is 2.31. The third-order valence-electron chi connectivity index (χ3n) is 3.02. The molecule has 0 bridgehead atoms. The minimum Gasteiger partial charge on any atom is -0.444 e. The van der Waals surface area contributed by atoms with Crippen LogP contribution in [0.25, 0.3) is 0 Å². The number of carbonyl (C=O) groups is 1. The lowest BCUT2D eigenvalue weighted by molar-refractivity contribution is 0.0102. The van der Waals surface area contributed by atoms with Crippen LogP contribution in [0.15, 0.2) is 0 Å². The lowest BCUT2D eigenvalue weighted by Gasteiger charge is -2.33. The van der Waals surface area contributed by atoms with E-state index in [1.807, 2.05) is 20.8 Å². The van der Waals surface area contributed by atoms with E-state index in [4.69, 9.17) is 9.47 Å². The SMILES string of the molecule is CCCOC1CN(C(=O)OC(C)(C)C)C(C)(C)C1. The predicted molar refractivity (Wildman–Crippen MR) is 71.7 cm³/mol. The van der Waals surface area contributed by atoms with E-state index in [0.717, 1.165) is 19.4 Å². The van der Waals surface area contributed by atoms with Gasteiger partial charge in [0.2, 0.25) is 0 Å². The van der Waals surface area contributed by atoms with E-state index in [1.165, 1.54) is 0 Å². The van der Waals surface area contributed by atoms with Gasteiger partial charge in [-0.05, 0) is 47.5 Å². The molecule has 0 aliphatic carbocycles. The molecule has 1 unspecified atom stereocenters. The van der Waals surface area contributed by atoms with Gasteiger partial charge >= 0.3 is 6.09 Å². The van der Waals surface area contributed by atoms with Crippen LogP contribution in [0, 0.1) is 0 Å². The highest BCUT2D eigenvalue weighted by atomic mass is 16.6. The largest absolute Gasteiger partial charge is 0.444 e. The molecule has 1 rings (SSSR count). The molecule has 1 heterocycles. The molecule has 0 saturated carbocycles. The summed E-state index contributed by atoms with van der Waals surface area (Å²) < 4.78 is 11.2. The number of hydrogen-bond acceptors (Lipinski definition) is 3. The molecule has 0 aromatic heterocycles. The third kappa shape index (κ3) is 4.16. The van der Waals surface area contributed by atoms with Crippen molar-refractivity contribution >= 4 is 6.09 Å². The van der Waals surface area contributed by atoms with E-state index in [9.17, 15) is 4.79 Å². The molecule has 1 fully saturated rings. The summed E-state index contributed by atoms with van der Waals surface area (Å²) in [6.45, 7) is 13.3. The van der Waals surface area contributed by atoms with E-state index in [2.05, 4.69) is 20.8 Å². The first-order valence-corrected chi connectivity index (χ1v) is 6.78. The topological polar surface area (TPSA) is 38.8 Å². The Balaban J connectivity index is 2.62. The zero-order valence-corrected chi connectivity index (χ0v) is 12.6. The van der Waals surface area contributed by atoms with Gasteiger partial charge in [-0.1, -0.05) is 6.92 Å². The highest BCUT2D eigenvalue weighted by molar-refractivity contribution is 5.69. The second-order valence-corrected chi connectivity index (χ2v) is 6.60. The number of likely N-dealkylation sites (tertiary alicyclic amines) is 1. The first-order chi connectivity index (χ1) is 8.15. The van der Waals surface area contributed by atoms with Crippen LogP contribution in [0.1, 0.15) is 54.4 Å². The molecule has 1 saturated heterocycles. The predicted octanol–water partition coefficient (Wildman–Crippen LogP) is 3.20. The lowest BCUT2D eigenvalue weighted by atomic mass is 10.0. The van der Waals surface area contributed by atoms with Gasteiger partial charge in [0, 0.05) is 12.1 Å². The van der Waals surface area contributed by atoms with Crippen LogP contribution in [0.2, 0.25) is 0 Å². The number of ether oxygens (including phenoxy) is 2. The average Bonchev–Trinajstić information content (AvgIpc) is 2.48. The van der Waals surface area contributed by atoms with Crippen LogP contribution in [0.3, 0.4) is 0 Å². The van der Waals surface area contributed by atoms with Crippen LogP contribution < -0.4 is 0 Å². The van der Waals surface area contributed by atoms with E-state index < -0.39 is 5.60 Å². The molecule has 4 nitrogen and oxygen atoms in total. The Hall–Kier alpha value is -0.770. The van der Waals surface area contributed by atoms with Crippen molar-refractivity contribution in [2.75, 3.05) is 13.2 Å². The minimum atomic E-state index is -0.449. The monoisotopic (exact) mass is 257 g/mol. The van der Waals surface area contributed by atoms with E-state index in [-0.39, 0.29) is 17.7 Å². The summed E-state index contributed by atoms with van der Waals surface area (Å²) in [5.74, 6) is 0. The summed E-state index contributed by atoms with van der Waals surface area (Å²) in [5, 5.41) is 0. The second kappa shape index (κ2) is 5.47. The van der Waals surface area contributed by atoms with Crippen molar-refractivity contribution in [2.45, 2.75) is 71.6 Å². The second-order valence-electron chi connectivity index (χ2n) is 6.60. The number of carbonyl (C=O) groups excluding carboxylic acids is 1. The molecule has 106 valence electrons. The normalized spacial score (nSPS) is 23.2. The van der Waals surface area contributed by atoms with Gasteiger partial charge in [0.05, 0.1) is 12.6 Å². The van der Waals surface area contributed by atoms with Gasteiger partial charge in [-0.15, -0.1) is 0 Å². The average molecular weight is 257 g/mol. The number of rotatable bonds is 3. The van der Waals surface area contributed by atoms with Crippen molar-refractivity contribution in [3.63, 3.8) is 0 Å². The minimum absolute atomic E-state index is 0.132. The third-order valence-corrected chi connectivity index (χ3v) is 3.02. The highest BCUT2D eigenvalue weighted by Gasteiger charge is 2.43. The van der Waals surface area contributed by atoms with Gasteiger partial charge in [0.25, 0.3) is 0 Å². The van der Waals surface area contributed by atoms with Gasteiger partial charge in [-0.2, -0.15) is 0 Å². The van der Waals surface area contributed by atoms with Crippen molar-refractivity contribution in [3.05, 3.63) is 0 Å². The van der Waals surface area contributed by atoms with Crippen LogP contribution in [0.4, 0.5) is 4.79 Å². The Kier molecular flexibility index (Phi) is 4.65. The molecule has 0 aromatic rings. The molecule has 18 heavy (non-hydrogen) atoms. The fraction of sp³-hybridized carbons (Fsp3) is 0.929. The molecular formula is C14H27NO3. The Morgan fingerprint density at radius 1 is 1.39 bits per heavy atom. The van der Waals surface area contributed by atoms with Gasteiger partial charge < -0.3 is 14.4 Å². The fourth-order valence-electron chi connectivity index (χ4n) is 2.22. The molecule has 1 aliphatic heterocycles. The molecule has 0 spiro atoms. The standard InChI is InChI=1S/C14H27NO3/c1-7-8-17-11-9-14(5,6)15(10-11)12(16)18-13(2,3)4/h11H,7-10H2,1-6H3. The maximum absolute atomic E-state index is 12.1. The van der Waals surface area contributed by atoms with Crippen LogP contribution in [-0.4, -0.2) is 41.4 Å². The summed E-state index contributed by atoms with van der Waals surface area (Å²) in [4.78, 5) is 13.9. The maximum Gasteiger partial charge on any atom is 0.410 e. The first-order valence-electron chi connectivity index (χ1n) is 6.78. The van der Waals surface area contributed by atoms with E-state index in [0.29, 0.717) is 6.54 Å². The molecule has 1 aliphatic rings. The zero-order chi connectivity index (χ0) is 14.0. The number of hydrogen-bond donors (Lipinski definition) is 0. The van der Waals surface area contributed by atoms with Crippen molar-refractivity contribution in [1.82, 2.24) is 4.90 Å². The molecule has 4 heteroatoms. The maximum atomic E-state index is 12.1. The molecular weight excluding hydrogens is 230 g/mol. The summed E-state index contributed by atoms with van der Waals surface area (Å²) >= 11 is 0. The van der Waals surface area contributed by atoms with Crippen LogP contribution in [-0.2, 0) is 9.47 Å². The molecule has 1 amide bonds. The lowest BCUT2D eigenvalue weighted by Crippen LogP contribution is -2.45. The van der Waals surface area contributed by atoms with Gasteiger partial charge in [-0.3, -0.25) is 0 Å². The Morgan fingerprint density at radius 2 is 2.00 bits per heavy atom. The van der Waals surface area contributed by atoms with Gasteiger partial charge in [0.15, 0.2) is 0 Å². The summed E-state index contributed by atoms with van der Waals surface area (Å²) in [6.07, 6.45) is 1.76. The zero-order valence-electron chi connectivity index (χ0n) is 12.6. The summed E-state index contributed by atoms with van der Waals surface area (Å²) in [7, 11) is 0. The Morgan fingerprint density at radius 3 is 2.50 bits per heavy atom. The smallest absolute Gasteiger partial charge is 0.410 e. The van der Waals surface area contributed by atoms with Crippen molar-refractivity contribution < 1.29 is 14.3 Å². The van der Waals surface area contributed by atoms with Crippen LogP contribution >= 0.6 is 0 Å². The fourth-order valence-corrected chi connectivity index (χ4v) is 2.22. The number of amides is 1. The van der Waals surface area contributed by atoms with Crippen LogP contribution in [0.5, 0.6) is 0 Å². The molecule has 0 aromatic carbocycles. The first kappa shape index (κ1) is 15.3. The summed E-state index contributed by atoms with van der Waals surface area (Å²) in [5.41, 5.74) is -0.643. The van der Waals surface area contributed by atoms with Gasteiger partial charge in [0.1, 0.15) is 5.60 Å².